The number of nitro benzene ring substituents is 2. The van der Waals surface area contributed by atoms with Gasteiger partial charge in [0.15, 0.2) is 0 Å². The van der Waals surface area contributed by atoms with Crippen molar-refractivity contribution in [3.05, 3.63) is 38.4 Å². The van der Waals surface area contributed by atoms with E-state index in [2.05, 4.69) is 10.5 Å². The zero-order valence-corrected chi connectivity index (χ0v) is 10.1. The molecule has 1 aromatic rings. The Kier molecular flexibility index (Phi) is 5.09. The zero-order chi connectivity index (χ0) is 15.1. The van der Waals surface area contributed by atoms with Gasteiger partial charge in [0.1, 0.15) is 5.69 Å². The molecule has 0 heterocycles. The molecule has 0 aromatic heterocycles. The van der Waals surface area contributed by atoms with Gasteiger partial charge in [-0.05, 0) is 12.5 Å². The summed E-state index contributed by atoms with van der Waals surface area (Å²) in [6.07, 6.45) is 1.29. The van der Waals surface area contributed by atoms with Gasteiger partial charge in [-0.3, -0.25) is 30.4 Å². The first kappa shape index (κ1) is 15.0. The molecule has 0 fully saturated rings. The van der Waals surface area contributed by atoms with Crippen LogP contribution in [0.15, 0.2) is 23.3 Å². The summed E-state index contributed by atoms with van der Waals surface area (Å²) in [7, 11) is 0. The second kappa shape index (κ2) is 6.78. The Balaban J connectivity index is 2.81. The molecule has 0 amide bonds. The minimum absolute atomic E-state index is 0.0211. The summed E-state index contributed by atoms with van der Waals surface area (Å²) in [5, 5.41) is 33.3. The number of carboxylic acids is 1. The van der Waals surface area contributed by atoms with E-state index in [1.54, 1.807) is 0 Å². The first-order chi connectivity index (χ1) is 9.41. The van der Waals surface area contributed by atoms with Gasteiger partial charge in [-0.2, -0.15) is 5.10 Å². The van der Waals surface area contributed by atoms with Gasteiger partial charge in [-0.25, -0.2) is 0 Å². The van der Waals surface area contributed by atoms with Crippen molar-refractivity contribution in [1.82, 2.24) is 0 Å². The average Bonchev–Trinajstić information content (AvgIpc) is 2.37. The lowest BCUT2D eigenvalue weighted by atomic mass is 10.2. The smallest absolute Gasteiger partial charge is 0.303 e. The van der Waals surface area contributed by atoms with Crippen molar-refractivity contribution in [3.8, 4) is 0 Å². The van der Waals surface area contributed by atoms with E-state index in [9.17, 15) is 25.0 Å². The Morgan fingerprint density at radius 2 is 2.05 bits per heavy atom. The highest BCUT2D eigenvalue weighted by molar-refractivity contribution is 5.72. The van der Waals surface area contributed by atoms with Gasteiger partial charge in [0.2, 0.25) is 0 Å². The lowest BCUT2D eigenvalue weighted by molar-refractivity contribution is -0.393. The monoisotopic (exact) mass is 282 g/mol. The van der Waals surface area contributed by atoms with Gasteiger partial charge >= 0.3 is 11.7 Å². The summed E-state index contributed by atoms with van der Waals surface area (Å²) in [6.45, 7) is 0. The van der Waals surface area contributed by atoms with Gasteiger partial charge in [0, 0.05) is 12.3 Å². The van der Waals surface area contributed by atoms with Gasteiger partial charge in [0.25, 0.3) is 5.69 Å². The van der Waals surface area contributed by atoms with E-state index in [0.717, 1.165) is 18.2 Å². The topological polar surface area (TPSA) is 148 Å². The molecule has 0 atom stereocenters. The fraction of sp³-hybridized carbons (Fsp3) is 0.200. The van der Waals surface area contributed by atoms with E-state index in [1.807, 2.05) is 0 Å². The molecule has 10 nitrogen and oxygen atoms in total. The first-order valence-electron chi connectivity index (χ1n) is 5.34. The van der Waals surface area contributed by atoms with E-state index in [0.29, 0.717) is 0 Å². The summed E-state index contributed by atoms with van der Waals surface area (Å²) in [5.74, 6) is -0.988. The number of hydrazone groups is 1. The minimum Gasteiger partial charge on any atom is -0.481 e. The largest absolute Gasteiger partial charge is 0.481 e. The lowest BCUT2D eigenvalue weighted by Crippen LogP contribution is -1.99. The molecule has 0 saturated heterocycles. The molecule has 0 unspecified atom stereocenters. The molecule has 1 aromatic carbocycles. The Bertz CT molecular complexity index is 571. The molecule has 20 heavy (non-hydrogen) atoms. The van der Waals surface area contributed by atoms with Gasteiger partial charge < -0.3 is 5.11 Å². The lowest BCUT2D eigenvalue weighted by Gasteiger charge is -2.01. The maximum absolute atomic E-state index is 10.8. The normalized spacial score (nSPS) is 10.4. The molecule has 0 aliphatic carbocycles. The number of aliphatic carboxylic acids is 1. The van der Waals surface area contributed by atoms with E-state index < -0.39 is 27.2 Å². The van der Waals surface area contributed by atoms with Crippen molar-refractivity contribution < 1.29 is 19.7 Å². The maximum Gasteiger partial charge on any atom is 0.303 e. The van der Waals surface area contributed by atoms with E-state index in [-0.39, 0.29) is 18.5 Å². The van der Waals surface area contributed by atoms with Crippen LogP contribution in [0, 0.1) is 20.2 Å². The fourth-order valence-electron chi connectivity index (χ4n) is 1.25. The number of nitro groups is 2. The molecule has 0 saturated carbocycles. The molecule has 0 spiro atoms. The SMILES string of the molecule is O=C(O)CCC=NNc1ccc([N+](=O)[O-])cc1[N+](=O)[O-]. The number of hydrogen-bond acceptors (Lipinski definition) is 7. The average molecular weight is 282 g/mol. The minimum atomic E-state index is -0.988. The third kappa shape index (κ3) is 4.33. The summed E-state index contributed by atoms with van der Waals surface area (Å²) in [4.78, 5) is 30.0. The maximum atomic E-state index is 10.8. The molecule has 0 bridgehead atoms. The standard InChI is InChI=1S/C10H10N4O6/c15-10(16)2-1-5-11-12-8-4-3-7(13(17)18)6-9(8)14(19)20/h3-6,12H,1-2H2,(H,15,16). The number of rotatable bonds is 7. The van der Waals surface area contributed by atoms with E-state index in [4.69, 9.17) is 5.11 Å². The zero-order valence-electron chi connectivity index (χ0n) is 10.1. The molecule has 10 heteroatoms. The van der Waals surface area contributed by atoms with Gasteiger partial charge in [0.05, 0.1) is 22.3 Å². The third-order valence-corrected chi connectivity index (χ3v) is 2.15. The number of non-ortho nitro benzene ring substituents is 1. The van der Waals surface area contributed by atoms with Crippen LogP contribution in [0.3, 0.4) is 0 Å². The number of carboxylic acid groups (broad SMARTS) is 1. The second-order valence-electron chi connectivity index (χ2n) is 3.57. The number of carbonyl (C=O) groups is 1. The van der Waals surface area contributed by atoms with Crippen LogP contribution in [0.5, 0.6) is 0 Å². The Morgan fingerprint density at radius 3 is 2.60 bits per heavy atom. The quantitative estimate of drug-likeness (QED) is 0.439. The molecule has 106 valence electrons. The third-order valence-electron chi connectivity index (χ3n) is 2.15. The van der Waals surface area contributed by atoms with Crippen molar-refractivity contribution in [1.29, 1.82) is 0 Å². The number of nitrogens with one attached hydrogen (secondary N) is 1. The molecule has 1 rings (SSSR count). The highest BCUT2D eigenvalue weighted by Crippen LogP contribution is 2.28. The van der Waals surface area contributed by atoms with Crippen molar-refractivity contribution in [2.45, 2.75) is 12.8 Å². The van der Waals surface area contributed by atoms with E-state index in [1.165, 1.54) is 6.21 Å². The van der Waals surface area contributed by atoms with Gasteiger partial charge in [-0.15, -0.1) is 0 Å². The van der Waals surface area contributed by atoms with Crippen molar-refractivity contribution in [2.75, 3.05) is 5.43 Å². The molecular weight excluding hydrogens is 272 g/mol. The van der Waals surface area contributed by atoms with Crippen LogP contribution < -0.4 is 5.43 Å². The van der Waals surface area contributed by atoms with Crippen molar-refractivity contribution >= 4 is 29.2 Å². The first-order valence-corrected chi connectivity index (χ1v) is 5.34. The second-order valence-corrected chi connectivity index (χ2v) is 3.57. The van der Waals surface area contributed by atoms with Crippen LogP contribution in [-0.4, -0.2) is 27.1 Å². The number of nitrogens with zero attached hydrogens (tertiary/aromatic N) is 3. The Morgan fingerprint density at radius 1 is 1.35 bits per heavy atom. The van der Waals surface area contributed by atoms with Crippen LogP contribution in [0.2, 0.25) is 0 Å². The number of benzene rings is 1. The van der Waals surface area contributed by atoms with Crippen LogP contribution in [-0.2, 0) is 4.79 Å². The summed E-state index contributed by atoms with van der Waals surface area (Å²) in [5.41, 5.74) is 1.43. The van der Waals surface area contributed by atoms with Crippen LogP contribution in [0.1, 0.15) is 12.8 Å². The molecule has 0 radical (unpaired) electrons. The summed E-state index contributed by atoms with van der Waals surface area (Å²) >= 11 is 0. The summed E-state index contributed by atoms with van der Waals surface area (Å²) in [6, 6.07) is 3.07. The van der Waals surface area contributed by atoms with Crippen molar-refractivity contribution in [3.63, 3.8) is 0 Å². The Hall–Kier alpha value is -3.04. The fourth-order valence-corrected chi connectivity index (χ4v) is 1.25. The molecular formula is C10H10N4O6. The predicted molar refractivity (Wildman–Crippen MR) is 68.7 cm³/mol. The highest BCUT2D eigenvalue weighted by atomic mass is 16.6. The molecule has 0 aliphatic heterocycles. The van der Waals surface area contributed by atoms with Crippen molar-refractivity contribution in [2.24, 2.45) is 5.10 Å². The van der Waals surface area contributed by atoms with Gasteiger partial charge in [-0.1, -0.05) is 0 Å². The predicted octanol–water partition coefficient (Wildman–Crippen LogP) is 1.77. The van der Waals surface area contributed by atoms with E-state index >= 15 is 0 Å². The Labute approximate surface area is 112 Å². The van der Waals surface area contributed by atoms with Crippen LogP contribution >= 0.6 is 0 Å². The summed E-state index contributed by atoms with van der Waals surface area (Å²) < 4.78 is 0. The number of anilines is 1. The highest BCUT2D eigenvalue weighted by Gasteiger charge is 2.18. The van der Waals surface area contributed by atoms with Crippen LogP contribution in [0.4, 0.5) is 17.1 Å². The van der Waals surface area contributed by atoms with Crippen LogP contribution in [0.25, 0.3) is 0 Å². The molecule has 2 N–H and O–H groups in total. The number of hydrogen-bond donors (Lipinski definition) is 2. The molecule has 0 aliphatic rings.